The molecule has 2 aromatic heterocycles. The van der Waals surface area contributed by atoms with Gasteiger partial charge < -0.3 is 0 Å². The molecule has 2 N–H and O–H groups in total. The number of aryl methyl sites for hydroxylation is 2. The molecule has 3 heteroatoms. The molecule has 0 aliphatic carbocycles. The molecule has 0 bridgehead atoms. The monoisotopic (exact) mass is 346 g/mol. The first-order chi connectivity index (χ1) is 9.24. The van der Waals surface area contributed by atoms with Crippen molar-refractivity contribution in [3.05, 3.63) is 34.6 Å². The van der Waals surface area contributed by atoms with Crippen molar-refractivity contribution < 1.29 is 17.1 Å². The van der Waals surface area contributed by atoms with E-state index in [9.17, 15) is 0 Å². The second-order valence-corrected chi connectivity index (χ2v) is 6.86. The summed E-state index contributed by atoms with van der Waals surface area (Å²) in [6, 6.07) is 0. The average Bonchev–Trinajstić information content (AvgIpc) is 3.01. The van der Waals surface area contributed by atoms with Gasteiger partial charge in [0.05, 0.1) is 0 Å². The number of nitrogens with one attached hydrogen (secondary N) is 2. The molecule has 2 nitrogen and oxygen atoms in total. The van der Waals surface area contributed by atoms with E-state index in [1.807, 2.05) is 0 Å². The minimum absolute atomic E-state index is 0.0937. The van der Waals surface area contributed by atoms with Gasteiger partial charge >= 0.3 is 124 Å². The molecule has 0 unspecified atom stereocenters. The van der Waals surface area contributed by atoms with Crippen molar-refractivity contribution in [3.63, 3.8) is 0 Å². The number of aromatic nitrogens is 2. The number of rotatable bonds is 6. The van der Waals surface area contributed by atoms with Gasteiger partial charge in [-0.05, 0) is 0 Å². The van der Waals surface area contributed by atoms with Crippen LogP contribution in [0.25, 0.3) is 0 Å². The van der Waals surface area contributed by atoms with Gasteiger partial charge in [0.2, 0.25) is 0 Å². The van der Waals surface area contributed by atoms with E-state index in [1.165, 1.54) is 19.7 Å². The summed E-state index contributed by atoms with van der Waals surface area (Å²) in [6.45, 7) is 9.01. The molecule has 2 aromatic rings. The molecular weight excluding hydrogens is 321 g/mol. The van der Waals surface area contributed by atoms with E-state index in [4.69, 9.17) is 0 Å². The quantitative estimate of drug-likeness (QED) is 0.755. The predicted octanol–water partition coefficient (Wildman–Crippen LogP) is 2.63. The van der Waals surface area contributed by atoms with Crippen LogP contribution in [0.15, 0.2) is 12.4 Å². The first kappa shape index (κ1) is 14.6. The second-order valence-electron chi connectivity index (χ2n) is 4.69. The van der Waals surface area contributed by atoms with E-state index >= 15 is 0 Å². The third-order valence-electron chi connectivity index (χ3n) is 3.68. The maximum absolute atomic E-state index is 3.52. The van der Waals surface area contributed by atoms with Gasteiger partial charge in [0.15, 0.2) is 0 Å². The molecular formula is C16H24N2Ru. The molecule has 0 amide bonds. The van der Waals surface area contributed by atoms with Crippen LogP contribution in [-0.4, -0.2) is 9.97 Å². The summed E-state index contributed by atoms with van der Waals surface area (Å²) in [4.78, 5) is 7.05. The molecule has 0 fully saturated rings. The Morgan fingerprint density at radius 1 is 0.737 bits per heavy atom. The summed E-state index contributed by atoms with van der Waals surface area (Å²) in [5, 5.41) is 0. The normalized spacial score (nSPS) is 11.4. The average molecular weight is 345 g/mol. The Hall–Kier alpha value is -0.817. The van der Waals surface area contributed by atoms with Crippen LogP contribution in [0.5, 0.6) is 0 Å². The van der Waals surface area contributed by atoms with Gasteiger partial charge in [-0.25, -0.2) is 0 Å². The van der Waals surface area contributed by atoms with E-state index in [-0.39, 0.29) is 17.1 Å². The van der Waals surface area contributed by atoms with Crippen LogP contribution in [0.1, 0.15) is 49.9 Å². The van der Waals surface area contributed by atoms with Gasteiger partial charge in [-0.15, -0.1) is 0 Å². The first-order valence-electron chi connectivity index (χ1n) is 7.25. The SMILES string of the molecule is CCc1c[nH][c]([Ru][c]2[nH]cc(CC)c2CC)c1CC. The zero-order valence-corrected chi connectivity index (χ0v) is 14.1. The standard InChI is InChI=1S/2C8H12N.Ru/c2*1-3-7-5-9-6-8(7)4-2;/h2*5,9H,3-4H2,1-2H3;. The Morgan fingerprint density at radius 3 is 1.47 bits per heavy atom. The molecule has 0 saturated carbocycles. The fraction of sp³-hybridized carbons (Fsp3) is 0.500. The molecule has 0 aliphatic heterocycles. The maximum atomic E-state index is 3.52. The van der Waals surface area contributed by atoms with Crippen molar-refractivity contribution in [2.24, 2.45) is 0 Å². The molecule has 19 heavy (non-hydrogen) atoms. The number of hydrogen-bond acceptors (Lipinski definition) is 0. The molecule has 2 heterocycles. The topological polar surface area (TPSA) is 31.6 Å². The van der Waals surface area contributed by atoms with Crippen LogP contribution in [0, 0.1) is 0 Å². The van der Waals surface area contributed by atoms with Gasteiger partial charge in [0.25, 0.3) is 0 Å². The van der Waals surface area contributed by atoms with Crippen LogP contribution in [0.4, 0.5) is 0 Å². The van der Waals surface area contributed by atoms with Crippen LogP contribution in [-0.2, 0) is 42.8 Å². The van der Waals surface area contributed by atoms with Gasteiger partial charge in [0.1, 0.15) is 0 Å². The number of aromatic amines is 2. The fourth-order valence-electron chi connectivity index (χ4n) is 2.55. The Kier molecular flexibility index (Phi) is 5.04. The van der Waals surface area contributed by atoms with Gasteiger partial charge in [-0.3, -0.25) is 0 Å². The van der Waals surface area contributed by atoms with Crippen molar-refractivity contribution in [3.8, 4) is 0 Å². The van der Waals surface area contributed by atoms with Crippen molar-refractivity contribution in [1.29, 1.82) is 0 Å². The first-order valence-corrected chi connectivity index (χ1v) is 8.99. The number of H-pyrrole nitrogens is 2. The van der Waals surface area contributed by atoms with E-state index in [0.29, 0.717) is 0 Å². The summed E-state index contributed by atoms with van der Waals surface area (Å²) in [6.07, 6.45) is 8.95. The fourth-order valence-corrected chi connectivity index (χ4v) is 5.19. The Labute approximate surface area is 124 Å². The van der Waals surface area contributed by atoms with Gasteiger partial charge in [-0.1, -0.05) is 0 Å². The third-order valence-corrected chi connectivity index (χ3v) is 6.10. The van der Waals surface area contributed by atoms with E-state index in [1.54, 1.807) is 11.1 Å². The molecule has 0 atom stereocenters. The Morgan fingerprint density at radius 2 is 1.16 bits per heavy atom. The second kappa shape index (κ2) is 6.56. The zero-order chi connectivity index (χ0) is 13.8. The molecule has 0 radical (unpaired) electrons. The van der Waals surface area contributed by atoms with Crippen molar-refractivity contribution in [2.45, 2.75) is 53.4 Å². The molecule has 2 rings (SSSR count). The van der Waals surface area contributed by atoms with Crippen LogP contribution < -0.4 is 8.58 Å². The van der Waals surface area contributed by atoms with Crippen LogP contribution >= 0.6 is 0 Å². The summed E-state index contributed by atoms with van der Waals surface area (Å²) < 4.78 is 2.96. The van der Waals surface area contributed by atoms with E-state index in [2.05, 4.69) is 50.1 Å². The summed E-state index contributed by atoms with van der Waals surface area (Å²) in [5.74, 6) is 0. The molecule has 0 aromatic carbocycles. The molecule has 0 saturated heterocycles. The zero-order valence-electron chi connectivity index (χ0n) is 12.3. The summed E-state index contributed by atoms with van der Waals surface area (Å²) in [7, 11) is 0. The summed E-state index contributed by atoms with van der Waals surface area (Å²) >= 11 is 0.0937. The number of hydrogen-bond donors (Lipinski definition) is 2. The van der Waals surface area contributed by atoms with Crippen molar-refractivity contribution in [2.75, 3.05) is 0 Å². The van der Waals surface area contributed by atoms with E-state index < -0.39 is 0 Å². The van der Waals surface area contributed by atoms with Gasteiger partial charge in [-0.2, -0.15) is 0 Å². The van der Waals surface area contributed by atoms with Crippen molar-refractivity contribution >= 4 is 8.58 Å². The molecule has 0 aliphatic rings. The van der Waals surface area contributed by atoms with Gasteiger partial charge in [0, 0.05) is 0 Å². The molecule has 106 valence electrons. The predicted molar refractivity (Wildman–Crippen MR) is 78.4 cm³/mol. The van der Waals surface area contributed by atoms with Crippen LogP contribution in [0.2, 0.25) is 0 Å². The van der Waals surface area contributed by atoms with Crippen LogP contribution in [0.3, 0.4) is 0 Å². The molecule has 0 spiro atoms. The summed E-state index contributed by atoms with van der Waals surface area (Å²) in [5.41, 5.74) is 6.09. The minimum atomic E-state index is 0.0937. The van der Waals surface area contributed by atoms with E-state index in [0.717, 1.165) is 25.7 Å². The Bertz CT molecular complexity index is 489. The Balaban J connectivity index is 2.31. The third kappa shape index (κ3) is 2.87. The van der Waals surface area contributed by atoms with Crippen molar-refractivity contribution in [1.82, 2.24) is 9.97 Å².